The topological polar surface area (TPSA) is 56.0 Å². The molecule has 1 unspecified atom stereocenters. The molecular formula is C13H18N2O. The number of anilines is 1. The normalized spacial score (nSPS) is 13.9. The van der Waals surface area contributed by atoms with Crippen molar-refractivity contribution >= 4 is 5.69 Å². The van der Waals surface area contributed by atoms with E-state index < -0.39 is 5.60 Å². The van der Waals surface area contributed by atoms with Gasteiger partial charge in [-0.05, 0) is 31.9 Å². The largest absolute Gasteiger partial charge is 0.388 e. The van der Waals surface area contributed by atoms with Crippen molar-refractivity contribution in [2.75, 3.05) is 11.9 Å². The Balaban J connectivity index is 2.86. The van der Waals surface area contributed by atoms with Crippen molar-refractivity contribution in [3.63, 3.8) is 0 Å². The highest BCUT2D eigenvalue weighted by molar-refractivity contribution is 5.62. The average Bonchev–Trinajstić information content (AvgIpc) is 2.27. The predicted octanol–water partition coefficient (Wildman–Crippen LogP) is 2.44. The molecule has 0 aliphatic carbocycles. The first kappa shape index (κ1) is 12.5. The maximum Gasteiger partial charge on any atom is 0.101 e. The zero-order valence-corrected chi connectivity index (χ0v) is 10.0. The third-order valence-electron chi connectivity index (χ3n) is 2.80. The van der Waals surface area contributed by atoms with E-state index in [2.05, 4.69) is 11.4 Å². The third kappa shape index (κ3) is 2.98. The molecule has 0 saturated carbocycles. The number of para-hydroxylation sites is 1. The Bertz CT molecular complexity index is 405. The van der Waals surface area contributed by atoms with Crippen LogP contribution in [0.25, 0.3) is 0 Å². The third-order valence-corrected chi connectivity index (χ3v) is 2.80. The van der Waals surface area contributed by atoms with Crippen LogP contribution < -0.4 is 5.32 Å². The molecule has 0 fully saturated rings. The average molecular weight is 218 g/mol. The van der Waals surface area contributed by atoms with E-state index in [0.717, 1.165) is 11.3 Å². The molecule has 0 aliphatic rings. The summed E-state index contributed by atoms with van der Waals surface area (Å²) in [6.45, 7) is 6.11. The molecule has 1 aromatic carbocycles. The molecule has 0 radical (unpaired) electrons. The van der Waals surface area contributed by atoms with E-state index in [1.54, 1.807) is 13.0 Å². The Labute approximate surface area is 96.7 Å². The Hall–Kier alpha value is -1.53. The maximum atomic E-state index is 9.89. The first-order chi connectivity index (χ1) is 7.50. The van der Waals surface area contributed by atoms with Crippen LogP contribution in [-0.2, 0) is 0 Å². The van der Waals surface area contributed by atoms with Crippen molar-refractivity contribution in [1.82, 2.24) is 0 Å². The second-order valence-corrected chi connectivity index (χ2v) is 4.31. The van der Waals surface area contributed by atoms with Gasteiger partial charge in [-0.15, -0.1) is 0 Å². The summed E-state index contributed by atoms with van der Waals surface area (Å²) >= 11 is 0. The van der Waals surface area contributed by atoms with Gasteiger partial charge in [0.05, 0.1) is 16.9 Å². The molecule has 1 rings (SSSR count). The number of hydrogen-bond acceptors (Lipinski definition) is 3. The maximum absolute atomic E-state index is 9.89. The van der Waals surface area contributed by atoms with E-state index in [1.807, 2.05) is 26.0 Å². The molecule has 3 nitrogen and oxygen atoms in total. The summed E-state index contributed by atoms with van der Waals surface area (Å²) in [5.74, 6) is 0. The van der Waals surface area contributed by atoms with Crippen LogP contribution in [0.1, 0.15) is 31.4 Å². The van der Waals surface area contributed by atoms with E-state index in [9.17, 15) is 5.11 Å². The second kappa shape index (κ2) is 5.00. The van der Waals surface area contributed by atoms with Crippen LogP contribution in [0, 0.1) is 18.3 Å². The predicted molar refractivity (Wildman–Crippen MR) is 65.3 cm³/mol. The molecule has 2 N–H and O–H groups in total. The Kier molecular flexibility index (Phi) is 3.92. The van der Waals surface area contributed by atoms with Crippen LogP contribution in [0.5, 0.6) is 0 Å². The van der Waals surface area contributed by atoms with Crippen LogP contribution in [-0.4, -0.2) is 17.3 Å². The summed E-state index contributed by atoms with van der Waals surface area (Å²) in [5.41, 5.74) is 1.71. The molecule has 0 amide bonds. The minimum Gasteiger partial charge on any atom is -0.388 e. The molecule has 0 heterocycles. The van der Waals surface area contributed by atoms with Crippen molar-refractivity contribution in [2.45, 2.75) is 32.8 Å². The van der Waals surface area contributed by atoms with Crippen LogP contribution in [0.2, 0.25) is 0 Å². The SMILES string of the molecule is CCC(C)(O)CNc1c(C)cccc1C#N. The summed E-state index contributed by atoms with van der Waals surface area (Å²) in [5, 5.41) is 22.0. The van der Waals surface area contributed by atoms with Gasteiger partial charge in [0, 0.05) is 6.54 Å². The molecule has 0 aromatic heterocycles. The highest BCUT2D eigenvalue weighted by Gasteiger charge is 2.17. The van der Waals surface area contributed by atoms with E-state index in [0.29, 0.717) is 18.5 Å². The van der Waals surface area contributed by atoms with Crippen molar-refractivity contribution in [2.24, 2.45) is 0 Å². The first-order valence-electron chi connectivity index (χ1n) is 5.46. The number of hydrogen-bond donors (Lipinski definition) is 2. The number of aliphatic hydroxyl groups is 1. The zero-order chi connectivity index (χ0) is 12.2. The number of benzene rings is 1. The Morgan fingerprint density at radius 1 is 1.50 bits per heavy atom. The van der Waals surface area contributed by atoms with Gasteiger partial charge in [0.25, 0.3) is 0 Å². The molecule has 86 valence electrons. The first-order valence-corrected chi connectivity index (χ1v) is 5.46. The van der Waals surface area contributed by atoms with Crippen molar-refractivity contribution in [1.29, 1.82) is 5.26 Å². The Morgan fingerprint density at radius 2 is 2.19 bits per heavy atom. The van der Waals surface area contributed by atoms with Crippen molar-refractivity contribution in [3.05, 3.63) is 29.3 Å². The Morgan fingerprint density at radius 3 is 2.75 bits per heavy atom. The van der Waals surface area contributed by atoms with Crippen LogP contribution in [0.15, 0.2) is 18.2 Å². The van der Waals surface area contributed by atoms with Gasteiger partial charge in [-0.1, -0.05) is 19.1 Å². The lowest BCUT2D eigenvalue weighted by molar-refractivity contribution is 0.0697. The molecule has 16 heavy (non-hydrogen) atoms. The van der Waals surface area contributed by atoms with Crippen molar-refractivity contribution < 1.29 is 5.11 Å². The molecule has 0 bridgehead atoms. The molecular weight excluding hydrogens is 200 g/mol. The van der Waals surface area contributed by atoms with E-state index in [-0.39, 0.29) is 0 Å². The van der Waals surface area contributed by atoms with Gasteiger partial charge in [0.15, 0.2) is 0 Å². The molecule has 0 spiro atoms. The molecule has 0 aliphatic heterocycles. The van der Waals surface area contributed by atoms with Gasteiger partial charge < -0.3 is 10.4 Å². The van der Waals surface area contributed by atoms with E-state index in [1.165, 1.54) is 0 Å². The standard InChI is InChI=1S/C13H18N2O/c1-4-13(3,16)9-15-12-10(2)6-5-7-11(12)8-14/h5-7,15-16H,4,9H2,1-3H3. The molecule has 0 saturated heterocycles. The van der Waals surface area contributed by atoms with Crippen LogP contribution in [0.3, 0.4) is 0 Å². The number of rotatable bonds is 4. The lowest BCUT2D eigenvalue weighted by Gasteiger charge is -2.23. The summed E-state index contributed by atoms with van der Waals surface area (Å²) in [7, 11) is 0. The van der Waals surface area contributed by atoms with Crippen LogP contribution in [0.4, 0.5) is 5.69 Å². The summed E-state index contributed by atoms with van der Waals surface area (Å²) in [6, 6.07) is 7.73. The quantitative estimate of drug-likeness (QED) is 0.816. The fourth-order valence-electron chi connectivity index (χ4n) is 1.40. The van der Waals surface area contributed by atoms with Crippen molar-refractivity contribution in [3.8, 4) is 6.07 Å². The number of aryl methyl sites for hydroxylation is 1. The minimum atomic E-state index is -0.741. The second-order valence-electron chi connectivity index (χ2n) is 4.31. The fourth-order valence-corrected chi connectivity index (χ4v) is 1.40. The summed E-state index contributed by atoms with van der Waals surface area (Å²) in [6.07, 6.45) is 0.674. The molecule has 3 heteroatoms. The number of nitrogens with one attached hydrogen (secondary N) is 1. The van der Waals surface area contributed by atoms with Gasteiger partial charge in [-0.25, -0.2) is 0 Å². The molecule has 1 atom stereocenters. The fraction of sp³-hybridized carbons (Fsp3) is 0.462. The van der Waals surface area contributed by atoms with E-state index >= 15 is 0 Å². The summed E-state index contributed by atoms with van der Waals surface area (Å²) < 4.78 is 0. The lowest BCUT2D eigenvalue weighted by Crippen LogP contribution is -2.32. The number of nitrogens with zero attached hydrogens (tertiary/aromatic N) is 1. The lowest BCUT2D eigenvalue weighted by atomic mass is 10.0. The van der Waals surface area contributed by atoms with Gasteiger partial charge in [0.2, 0.25) is 0 Å². The van der Waals surface area contributed by atoms with Gasteiger partial charge >= 0.3 is 0 Å². The zero-order valence-electron chi connectivity index (χ0n) is 10.0. The molecule has 1 aromatic rings. The monoisotopic (exact) mass is 218 g/mol. The van der Waals surface area contributed by atoms with Gasteiger partial charge in [0.1, 0.15) is 6.07 Å². The van der Waals surface area contributed by atoms with Gasteiger partial charge in [-0.2, -0.15) is 5.26 Å². The van der Waals surface area contributed by atoms with E-state index in [4.69, 9.17) is 5.26 Å². The summed E-state index contributed by atoms with van der Waals surface area (Å²) in [4.78, 5) is 0. The smallest absolute Gasteiger partial charge is 0.101 e. The highest BCUT2D eigenvalue weighted by atomic mass is 16.3. The van der Waals surface area contributed by atoms with Gasteiger partial charge in [-0.3, -0.25) is 0 Å². The minimum absolute atomic E-state index is 0.447. The number of nitriles is 1. The highest BCUT2D eigenvalue weighted by Crippen LogP contribution is 2.21. The van der Waals surface area contributed by atoms with Crippen LogP contribution >= 0.6 is 0 Å².